The highest BCUT2D eigenvalue weighted by molar-refractivity contribution is 5.69. The number of nitrogens with two attached hydrogens (primary N) is 1. The van der Waals surface area contributed by atoms with Crippen LogP contribution >= 0.6 is 0 Å². The normalized spacial score (nSPS) is 10.3. The molecule has 0 saturated carbocycles. The first-order valence-electron chi connectivity index (χ1n) is 6.22. The van der Waals surface area contributed by atoms with E-state index in [2.05, 4.69) is 17.2 Å². The van der Waals surface area contributed by atoms with E-state index in [1.807, 2.05) is 18.2 Å². The van der Waals surface area contributed by atoms with Crippen LogP contribution in [0.3, 0.4) is 0 Å². The minimum atomic E-state index is -0.295. The lowest BCUT2D eigenvalue weighted by Gasteiger charge is -2.05. The fraction of sp³-hybridized carbons (Fsp3) is 0.286. The average Bonchev–Trinajstić information content (AvgIpc) is 2.81. The van der Waals surface area contributed by atoms with E-state index in [1.165, 1.54) is 10.2 Å². The summed E-state index contributed by atoms with van der Waals surface area (Å²) in [4.78, 5) is 11.5. The van der Waals surface area contributed by atoms with Gasteiger partial charge in [0.15, 0.2) is 0 Å². The number of carbonyl (C=O) groups is 1. The number of hydrogen-bond acceptors (Lipinski definition) is 4. The van der Waals surface area contributed by atoms with Gasteiger partial charge in [0.25, 0.3) is 0 Å². The average molecular weight is 259 g/mol. The van der Waals surface area contributed by atoms with Gasteiger partial charge in [0.1, 0.15) is 12.4 Å². The van der Waals surface area contributed by atoms with Crippen molar-refractivity contribution in [3.8, 4) is 0 Å². The SMILES string of the molecule is Nc1ccn(CC(=O)OCCCc2ccccc2)n1. The van der Waals surface area contributed by atoms with E-state index in [1.54, 1.807) is 12.3 Å². The van der Waals surface area contributed by atoms with E-state index in [9.17, 15) is 4.79 Å². The first kappa shape index (κ1) is 13.1. The van der Waals surface area contributed by atoms with Gasteiger partial charge in [-0.25, -0.2) is 0 Å². The molecule has 0 unspecified atom stereocenters. The van der Waals surface area contributed by atoms with Crippen molar-refractivity contribution in [1.29, 1.82) is 0 Å². The number of ether oxygens (including phenoxy) is 1. The van der Waals surface area contributed by atoms with Crippen LogP contribution in [0.25, 0.3) is 0 Å². The van der Waals surface area contributed by atoms with Crippen molar-refractivity contribution in [2.45, 2.75) is 19.4 Å². The van der Waals surface area contributed by atoms with Crippen LogP contribution in [-0.4, -0.2) is 22.4 Å². The highest BCUT2D eigenvalue weighted by Crippen LogP contribution is 2.03. The molecule has 2 aromatic rings. The van der Waals surface area contributed by atoms with Crippen LogP contribution in [0.4, 0.5) is 5.82 Å². The molecule has 1 aromatic heterocycles. The summed E-state index contributed by atoms with van der Waals surface area (Å²) in [5, 5.41) is 3.92. The number of aromatic nitrogens is 2. The Bertz CT molecular complexity index is 522. The van der Waals surface area contributed by atoms with Crippen LogP contribution in [0.1, 0.15) is 12.0 Å². The molecule has 1 aromatic carbocycles. The Labute approximate surface area is 112 Å². The van der Waals surface area contributed by atoms with Gasteiger partial charge in [0.2, 0.25) is 0 Å². The molecule has 1 heterocycles. The molecule has 100 valence electrons. The molecule has 0 bridgehead atoms. The zero-order valence-corrected chi connectivity index (χ0v) is 10.7. The number of hydrogen-bond donors (Lipinski definition) is 1. The molecule has 0 fully saturated rings. The van der Waals surface area contributed by atoms with Crippen molar-refractivity contribution < 1.29 is 9.53 Å². The minimum absolute atomic E-state index is 0.0997. The summed E-state index contributed by atoms with van der Waals surface area (Å²) in [5.74, 6) is 0.105. The Hall–Kier alpha value is -2.30. The molecule has 0 atom stereocenters. The zero-order valence-electron chi connectivity index (χ0n) is 10.7. The topological polar surface area (TPSA) is 70.1 Å². The number of esters is 1. The van der Waals surface area contributed by atoms with Gasteiger partial charge in [-0.1, -0.05) is 30.3 Å². The molecule has 0 aliphatic rings. The molecule has 19 heavy (non-hydrogen) atoms. The van der Waals surface area contributed by atoms with Crippen LogP contribution in [0.2, 0.25) is 0 Å². The summed E-state index contributed by atoms with van der Waals surface area (Å²) in [6.07, 6.45) is 3.38. The highest BCUT2D eigenvalue weighted by Gasteiger charge is 2.05. The Morgan fingerprint density at radius 3 is 2.74 bits per heavy atom. The molecule has 0 saturated heterocycles. The first-order valence-corrected chi connectivity index (χ1v) is 6.22. The van der Waals surface area contributed by atoms with Gasteiger partial charge in [0.05, 0.1) is 6.61 Å². The number of nitrogens with zero attached hydrogens (tertiary/aromatic N) is 2. The van der Waals surface area contributed by atoms with E-state index in [-0.39, 0.29) is 12.5 Å². The van der Waals surface area contributed by atoms with Gasteiger partial charge >= 0.3 is 5.97 Å². The van der Waals surface area contributed by atoms with Crippen molar-refractivity contribution in [2.75, 3.05) is 12.3 Å². The van der Waals surface area contributed by atoms with Gasteiger partial charge in [-0.05, 0) is 24.5 Å². The first-order chi connectivity index (χ1) is 9.24. The van der Waals surface area contributed by atoms with Gasteiger partial charge in [-0.2, -0.15) is 5.10 Å². The fourth-order valence-electron chi connectivity index (χ4n) is 1.75. The smallest absolute Gasteiger partial charge is 0.327 e. The lowest BCUT2D eigenvalue weighted by atomic mass is 10.1. The third-order valence-electron chi connectivity index (χ3n) is 2.67. The summed E-state index contributed by atoms with van der Waals surface area (Å²) in [6.45, 7) is 0.521. The highest BCUT2D eigenvalue weighted by atomic mass is 16.5. The summed E-state index contributed by atoms with van der Waals surface area (Å²) >= 11 is 0. The molecular weight excluding hydrogens is 242 g/mol. The summed E-state index contributed by atoms with van der Waals surface area (Å²) in [7, 11) is 0. The Balaban J connectivity index is 1.64. The van der Waals surface area contributed by atoms with E-state index < -0.39 is 0 Å². The summed E-state index contributed by atoms with van der Waals surface area (Å²) in [6, 6.07) is 11.8. The van der Waals surface area contributed by atoms with Crippen molar-refractivity contribution in [3.63, 3.8) is 0 Å². The molecule has 5 heteroatoms. The van der Waals surface area contributed by atoms with Crippen LogP contribution in [-0.2, 0) is 22.5 Å². The van der Waals surface area contributed by atoms with E-state index in [0.717, 1.165) is 12.8 Å². The quantitative estimate of drug-likeness (QED) is 0.632. The third-order valence-corrected chi connectivity index (χ3v) is 2.67. The number of carbonyl (C=O) groups excluding carboxylic acids is 1. The maximum absolute atomic E-state index is 11.5. The Morgan fingerprint density at radius 2 is 2.05 bits per heavy atom. The maximum Gasteiger partial charge on any atom is 0.327 e. The van der Waals surface area contributed by atoms with E-state index >= 15 is 0 Å². The molecule has 0 spiro atoms. The lowest BCUT2D eigenvalue weighted by molar-refractivity contribution is -0.144. The Morgan fingerprint density at radius 1 is 1.26 bits per heavy atom. The third kappa shape index (κ3) is 4.46. The van der Waals surface area contributed by atoms with Gasteiger partial charge in [-0.3, -0.25) is 9.48 Å². The van der Waals surface area contributed by atoms with Crippen molar-refractivity contribution in [1.82, 2.24) is 9.78 Å². The number of aryl methyl sites for hydroxylation is 1. The standard InChI is InChI=1S/C14H17N3O2/c15-13-8-9-17(16-13)11-14(18)19-10-4-7-12-5-2-1-3-6-12/h1-3,5-6,8-9H,4,7,10-11H2,(H2,15,16). The fourth-order valence-corrected chi connectivity index (χ4v) is 1.75. The van der Waals surface area contributed by atoms with Crippen LogP contribution < -0.4 is 5.73 Å². The second-order valence-corrected chi connectivity index (χ2v) is 4.25. The maximum atomic E-state index is 11.5. The molecule has 0 aliphatic carbocycles. The van der Waals surface area contributed by atoms with E-state index in [4.69, 9.17) is 10.5 Å². The largest absolute Gasteiger partial charge is 0.464 e. The van der Waals surface area contributed by atoms with Gasteiger partial charge in [0, 0.05) is 6.20 Å². The number of anilines is 1. The molecule has 0 radical (unpaired) electrons. The Kier molecular flexibility index (Phi) is 4.55. The van der Waals surface area contributed by atoms with Crippen LogP contribution in [0.5, 0.6) is 0 Å². The van der Waals surface area contributed by atoms with Crippen molar-refractivity contribution in [2.24, 2.45) is 0 Å². The van der Waals surface area contributed by atoms with Gasteiger partial charge < -0.3 is 10.5 Å². The molecule has 5 nitrogen and oxygen atoms in total. The van der Waals surface area contributed by atoms with Crippen LogP contribution in [0.15, 0.2) is 42.6 Å². The molecule has 2 N–H and O–H groups in total. The summed E-state index contributed by atoms with van der Waals surface area (Å²) in [5.41, 5.74) is 6.70. The van der Waals surface area contributed by atoms with E-state index in [0.29, 0.717) is 12.4 Å². The number of benzene rings is 1. The second kappa shape index (κ2) is 6.58. The predicted octanol–water partition coefficient (Wildman–Crippen LogP) is 1.64. The van der Waals surface area contributed by atoms with Crippen molar-refractivity contribution >= 4 is 11.8 Å². The number of rotatable bonds is 6. The molecular formula is C14H17N3O2. The lowest BCUT2D eigenvalue weighted by Crippen LogP contribution is -2.15. The molecule has 0 amide bonds. The van der Waals surface area contributed by atoms with Crippen molar-refractivity contribution in [3.05, 3.63) is 48.2 Å². The molecule has 0 aliphatic heterocycles. The summed E-state index contributed by atoms with van der Waals surface area (Å²) < 4.78 is 6.60. The molecule has 2 rings (SSSR count). The number of nitrogen functional groups attached to an aromatic ring is 1. The minimum Gasteiger partial charge on any atom is -0.464 e. The van der Waals surface area contributed by atoms with Gasteiger partial charge in [-0.15, -0.1) is 0 Å². The second-order valence-electron chi connectivity index (χ2n) is 4.25. The predicted molar refractivity (Wildman–Crippen MR) is 72.4 cm³/mol. The van der Waals surface area contributed by atoms with Crippen LogP contribution in [0, 0.1) is 0 Å². The monoisotopic (exact) mass is 259 g/mol. The zero-order chi connectivity index (χ0) is 13.5.